The molecule has 0 aromatic heterocycles. The van der Waals surface area contributed by atoms with Crippen molar-refractivity contribution in [2.75, 3.05) is 26.3 Å². The first-order chi connectivity index (χ1) is 10.3. The first-order valence-electron chi connectivity index (χ1n) is 7.46. The first-order valence-corrected chi connectivity index (χ1v) is 7.46. The second kappa shape index (κ2) is 6.44. The standard InChI is InChI=1S/C16H23N3O3/c1-12-11-13(19(20)21)5-6-14(12)17-15(16(2,3)4)18-7-9-22-10-8-18/h5-6,11H,7-10H2,1-4H3/b17-15-. The van der Waals surface area contributed by atoms with E-state index < -0.39 is 0 Å². The molecule has 2 rings (SSSR count). The summed E-state index contributed by atoms with van der Waals surface area (Å²) in [5.74, 6) is 0.993. The molecule has 1 aliphatic rings. The summed E-state index contributed by atoms with van der Waals surface area (Å²) in [5.41, 5.74) is 1.58. The van der Waals surface area contributed by atoms with Crippen molar-refractivity contribution >= 4 is 17.2 Å². The van der Waals surface area contributed by atoms with Crippen LogP contribution in [0.1, 0.15) is 26.3 Å². The lowest BCUT2D eigenvalue weighted by Gasteiger charge is -2.36. The van der Waals surface area contributed by atoms with Crippen molar-refractivity contribution in [3.05, 3.63) is 33.9 Å². The number of nitro groups is 1. The number of morpholine rings is 1. The van der Waals surface area contributed by atoms with Crippen LogP contribution in [-0.4, -0.2) is 42.0 Å². The highest BCUT2D eigenvalue weighted by Crippen LogP contribution is 2.28. The number of nitrogens with zero attached hydrogens (tertiary/aromatic N) is 3. The Balaban J connectivity index is 2.38. The van der Waals surface area contributed by atoms with E-state index in [9.17, 15) is 10.1 Å². The number of hydrogen-bond acceptors (Lipinski definition) is 4. The number of ether oxygens (including phenoxy) is 1. The average molecular weight is 305 g/mol. The maximum atomic E-state index is 10.8. The van der Waals surface area contributed by atoms with Gasteiger partial charge < -0.3 is 9.64 Å². The normalized spacial score (nSPS) is 16.7. The SMILES string of the molecule is Cc1cc([N+](=O)[O-])ccc1/N=C(\N1CCOCC1)C(C)(C)C. The van der Waals surface area contributed by atoms with E-state index in [0.717, 1.165) is 30.2 Å². The van der Waals surface area contributed by atoms with Gasteiger partial charge in [-0.25, -0.2) is 4.99 Å². The molecular weight excluding hydrogens is 282 g/mol. The van der Waals surface area contributed by atoms with Gasteiger partial charge in [-0.2, -0.15) is 0 Å². The molecule has 6 heteroatoms. The van der Waals surface area contributed by atoms with Crippen molar-refractivity contribution in [3.63, 3.8) is 0 Å². The second-order valence-corrected chi connectivity index (χ2v) is 6.51. The topological polar surface area (TPSA) is 68.0 Å². The maximum absolute atomic E-state index is 10.8. The number of amidine groups is 1. The van der Waals surface area contributed by atoms with Crippen LogP contribution < -0.4 is 0 Å². The molecule has 0 unspecified atom stereocenters. The van der Waals surface area contributed by atoms with Crippen molar-refractivity contribution in [2.45, 2.75) is 27.7 Å². The molecule has 0 atom stereocenters. The molecule has 0 aliphatic carbocycles. The molecule has 1 aromatic carbocycles. The van der Waals surface area contributed by atoms with Gasteiger partial charge in [0.25, 0.3) is 5.69 Å². The van der Waals surface area contributed by atoms with Crippen LogP contribution in [0.15, 0.2) is 23.2 Å². The van der Waals surface area contributed by atoms with E-state index in [2.05, 4.69) is 25.7 Å². The molecule has 120 valence electrons. The lowest BCUT2D eigenvalue weighted by Crippen LogP contribution is -2.46. The van der Waals surface area contributed by atoms with E-state index in [0.29, 0.717) is 13.2 Å². The lowest BCUT2D eigenvalue weighted by atomic mass is 9.93. The zero-order chi connectivity index (χ0) is 16.3. The van der Waals surface area contributed by atoms with Crippen LogP contribution in [0.3, 0.4) is 0 Å². The van der Waals surface area contributed by atoms with Crippen LogP contribution >= 0.6 is 0 Å². The maximum Gasteiger partial charge on any atom is 0.269 e. The Morgan fingerprint density at radius 2 is 1.95 bits per heavy atom. The highest BCUT2D eigenvalue weighted by atomic mass is 16.6. The fourth-order valence-corrected chi connectivity index (χ4v) is 2.48. The van der Waals surface area contributed by atoms with Gasteiger partial charge in [0, 0.05) is 30.6 Å². The Labute approximate surface area is 130 Å². The smallest absolute Gasteiger partial charge is 0.269 e. The molecule has 1 aromatic rings. The summed E-state index contributed by atoms with van der Waals surface area (Å²) >= 11 is 0. The van der Waals surface area contributed by atoms with Crippen molar-refractivity contribution in [1.29, 1.82) is 0 Å². The number of rotatable bonds is 2. The van der Waals surface area contributed by atoms with Crippen LogP contribution in [0.5, 0.6) is 0 Å². The van der Waals surface area contributed by atoms with E-state index in [-0.39, 0.29) is 16.0 Å². The Bertz CT molecular complexity index is 585. The van der Waals surface area contributed by atoms with E-state index >= 15 is 0 Å². The van der Waals surface area contributed by atoms with Gasteiger partial charge in [-0.05, 0) is 18.6 Å². The third kappa shape index (κ3) is 3.82. The lowest BCUT2D eigenvalue weighted by molar-refractivity contribution is -0.384. The van der Waals surface area contributed by atoms with Crippen LogP contribution in [0, 0.1) is 22.5 Å². The molecule has 0 N–H and O–H groups in total. The third-order valence-corrected chi connectivity index (χ3v) is 3.60. The highest BCUT2D eigenvalue weighted by molar-refractivity contribution is 5.90. The van der Waals surface area contributed by atoms with Gasteiger partial charge in [0.2, 0.25) is 0 Å². The van der Waals surface area contributed by atoms with Crippen molar-refractivity contribution in [2.24, 2.45) is 10.4 Å². The van der Waals surface area contributed by atoms with Crippen LogP contribution in [0.25, 0.3) is 0 Å². The number of aliphatic imine (C=N–C) groups is 1. The zero-order valence-corrected chi connectivity index (χ0v) is 13.6. The molecule has 0 spiro atoms. The molecule has 0 saturated carbocycles. The first kappa shape index (κ1) is 16.4. The van der Waals surface area contributed by atoms with Gasteiger partial charge in [0.05, 0.1) is 23.8 Å². The number of nitro benzene ring substituents is 1. The monoisotopic (exact) mass is 305 g/mol. The number of benzene rings is 1. The summed E-state index contributed by atoms with van der Waals surface area (Å²) in [7, 11) is 0. The summed E-state index contributed by atoms with van der Waals surface area (Å²) in [6.45, 7) is 11.3. The summed E-state index contributed by atoms with van der Waals surface area (Å²) in [6.07, 6.45) is 0. The number of non-ortho nitro benzene ring substituents is 1. The predicted octanol–water partition coefficient (Wildman–Crippen LogP) is 3.31. The van der Waals surface area contributed by atoms with E-state index in [1.165, 1.54) is 6.07 Å². The van der Waals surface area contributed by atoms with Gasteiger partial charge in [-0.1, -0.05) is 20.8 Å². The Hall–Kier alpha value is -1.95. The summed E-state index contributed by atoms with van der Waals surface area (Å²) in [6, 6.07) is 4.80. The highest BCUT2D eigenvalue weighted by Gasteiger charge is 2.26. The van der Waals surface area contributed by atoms with Gasteiger partial charge in [0.1, 0.15) is 5.84 Å². The minimum Gasteiger partial charge on any atom is -0.378 e. The Kier molecular flexibility index (Phi) is 4.81. The summed E-state index contributed by atoms with van der Waals surface area (Å²) in [5, 5.41) is 10.8. The molecule has 0 bridgehead atoms. The molecule has 22 heavy (non-hydrogen) atoms. The third-order valence-electron chi connectivity index (χ3n) is 3.60. The Morgan fingerprint density at radius 3 is 2.45 bits per heavy atom. The van der Waals surface area contributed by atoms with Crippen molar-refractivity contribution < 1.29 is 9.66 Å². The second-order valence-electron chi connectivity index (χ2n) is 6.51. The molecule has 1 fully saturated rings. The zero-order valence-electron chi connectivity index (χ0n) is 13.6. The number of hydrogen-bond donors (Lipinski definition) is 0. The molecule has 1 saturated heterocycles. The van der Waals surface area contributed by atoms with Gasteiger partial charge in [0.15, 0.2) is 0 Å². The molecule has 1 aliphatic heterocycles. The van der Waals surface area contributed by atoms with Crippen LogP contribution in [0.2, 0.25) is 0 Å². The summed E-state index contributed by atoms with van der Waals surface area (Å²) < 4.78 is 5.41. The van der Waals surface area contributed by atoms with Crippen molar-refractivity contribution in [3.8, 4) is 0 Å². The number of aryl methyl sites for hydroxylation is 1. The molecule has 1 heterocycles. The van der Waals surface area contributed by atoms with Crippen LogP contribution in [0.4, 0.5) is 11.4 Å². The molecule has 6 nitrogen and oxygen atoms in total. The fourth-order valence-electron chi connectivity index (χ4n) is 2.48. The largest absolute Gasteiger partial charge is 0.378 e. The van der Waals surface area contributed by atoms with Crippen LogP contribution in [-0.2, 0) is 4.74 Å². The van der Waals surface area contributed by atoms with E-state index in [4.69, 9.17) is 9.73 Å². The molecular formula is C16H23N3O3. The van der Waals surface area contributed by atoms with Gasteiger partial charge >= 0.3 is 0 Å². The minimum absolute atomic E-state index is 0.0973. The minimum atomic E-state index is -0.382. The van der Waals surface area contributed by atoms with Gasteiger partial charge in [-0.3, -0.25) is 10.1 Å². The molecule has 0 amide bonds. The average Bonchev–Trinajstić information content (AvgIpc) is 2.45. The molecule has 0 radical (unpaired) electrons. The quantitative estimate of drug-likeness (QED) is 0.364. The Morgan fingerprint density at radius 1 is 1.32 bits per heavy atom. The summed E-state index contributed by atoms with van der Waals surface area (Å²) in [4.78, 5) is 17.5. The van der Waals surface area contributed by atoms with Gasteiger partial charge in [-0.15, -0.1) is 0 Å². The van der Waals surface area contributed by atoms with Crippen molar-refractivity contribution in [1.82, 2.24) is 4.90 Å². The van der Waals surface area contributed by atoms with E-state index in [1.54, 1.807) is 12.1 Å². The predicted molar refractivity (Wildman–Crippen MR) is 86.8 cm³/mol. The van der Waals surface area contributed by atoms with E-state index in [1.807, 2.05) is 6.92 Å². The fraction of sp³-hybridized carbons (Fsp3) is 0.562.